The average molecular weight is 331 g/mol. The highest BCUT2D eigenvalue weighted by molar-refractivity contribution is 7.13. The normalized spacial score (nSPS) is 16.1. The number of aryl methyl sites for hydroxylation is 1. The summed E-state index contributed by atoms with van der Waals surface area (Å²) < 4.78 is 0. The molecular formula is C16H21N5OS. The van der Waals surface area contributed by atoms with Gasteiger partial charge in [-0.2, -0.15) is 0 Å². The van der Waals surface area contributed by atoms with E-state index in [1.165, 1.54) is 22.5 Å². The zero-order chi connectivity index (χ0) is 16.1. The van der Waals surface area contributed by atoms with Crippen LogP contribution in [0.5, 0.6) is 0 Å². The number of hydrogen-bond acceptors (Lipinski definition) is 5. The second-order valence-electron chi connectivity index (χ2n) is 5.78. The third kappa shape index (κ3) is 4.49. The lowest BCUT2D eigenvalue weighted by atomic mass is 10.1. The molecule has 1 saturated heterocycles. The first-order valence-corrected chi connectivity index (χ1v) is 8.69. The van der Waals surface area contributed by atoms with Gasteiger partial charge in [0.1, 0.15) is 5.51 Å². The van der Waals surface area contributed by atoms with Crippen LogP contribution in [0.15, 0.2) is 29.8 Å². The minimum Gasteiger partial charge on any atom is -0.323 e. The third-order valence-corrected chi connectivity index (χ3v) is 4.58. The van der Waals surface area contributed by atoms with Crippen molar-refractivity contribution in [2.45, 2.75) is 19.9 Å². The molecule has 7 heteroatoms. The molecule has 1 aliphatic rings. The Balaban J connectivity index is 1.52. The van der Waals surface area contributed by atoms with Crippen LogP contribution in [0, 0.1) is 6.92 Å². The largest absolute Gasteiger partial charge is 0.323 e. The van der Waals surface area contributed by atoms with Crippen LogP contribution in [0.2, 0.25) is 0 Å². The number of amides is 2. The van der Waals surface area contributed by atoms with E-state index in [0.717, 1.165) is 39.1 Å². The van der Waals surface area contributed by atoms with Gasteiger partial charge in [0.15, 0.2) is 0 Å². The molecule has 0 bridgehead atoms. The van der Waals surface area contributed by atoms with Crippen LogP contribution in [-0.2, 0) is 6.54 Å². The molecular weight excluding hydrogens is 310 g/mol. The molecule has 2 heterocycles. The van der Waals surface area contributed by atoms with Crippen molar-refractivity contribution >= 4 is 22.5 Å². The van der Waals surface area contributed by atoms with Crippen LogP contribution in [-0.4, -0.2) is 52.2 Å². The fourth-order valence-electron chi connectivity index (χ4n) is 2.68. The summed E-state index contributed by atoms with van der Waals surface area (Å²) in [6, 6.07) is 8.57. The molecule has 23 heavy (non-hydrogen) atoms. The Morgan fingerprint density at radius 3 is 2.78 bits per heavy atom. The second kappa shape index (κ2) is 7.52. The lowest BCUT2D eigenvalue weighted by Crippen LogP contribution is -2.38. The highest BCUT2D eigenvalue weighted by Crippen LogP contribution is 2.13. The summed E-state index contributed by atoms with van der Waals surface area (Å²) >= 11 is 1.33. The number of hydrogen-bond donors (Lipinski definition) is 1. The molecule has 0 saturated carbocycles. The monoisotopic (exact) mass is 331 g/mol. The quantitative estimate of drug-likeness (QED) is 0.939. The summed E-state index contributed by atoms with van der Waals surface area (Å²) in [5, 5.41) is 10.9. The Morgan fingerprint density at radius 2 is 2.04 bits per heavy atom. The third-order valence-electron chi connectivity index (χ3n) is 3.98. The smallest absolute Gasteiger partial charge is 0.323 e. The number of carbonyl (C=O) groups excluding carboxylic acids is 1. The van der Waals surface area contributed by atoms with Crippen LogP contribution < -0.4 is 5.32 Å². The van der Waals surface area contributed by atoms with E-state index in [1.807, 2.05) is 4.90 Å². The van der Waals surface area contributed by atoms with Crippen molar-refractivity contribution in [1.29, 1.82) is 0 Å². The highest BCUT2D eigenvalue weighted by atomic mass is 32.1. The van der Waals surface area contributed by atoms with Crippen LogP contribution in [0.4, 0.5) is 9.93 Å². The molecule has 1 N–H and O–H groups in total. The molecule has 2 aromatic rings. The number of anilines is 1. The fourth-order valence-corrected chi connectivity index (χ4v) is 3.12. The van der Waals surface area contributed by atoms with E-state index in [9.17, 15) is 4.79 Å². The van der Waals surface area contributed by atoms with Crippen LogP contribution in [0.25, 0.3) is 0 Å². The van der Waals surface area contributed by atoms with Gasteiger partial charge in [0.2, 0.25) is 5.13 Å². The topological polar surface area (TPSA) is 61.4 Å². The van der Waals surface area contributed by atoms with Crippen molar-refractivity contribution in [2.75, 3.05) is 31.5 Å². The van der Waals surface area contributed by atoms with Gasteiger partial charge < -0.3 is 4.90 Å². The summed E-state index contributed by atoms with van der Waals surface area (Å²) in [6.45, 7) is 6.44. The zero-order valence-corrected chi connectivity index (χ0v) is 14.1. The minimum atomic E-state index is -0.0843. The van der Waals surface area contributed by atoms with E-state index in [4.69, 9.17) is 0 Å². The van der Waals surface area contributed by atoms with Crippen molar-refractivity contribution < 1.29 is 4.79 Å². The zero-order valence-electron chi connectivity index (χ0n) is 13.2. The number of benzene rings is 1. The van der Waals surface area contributed by atoms with Crippen molar-refractivity contribution in [3.8, 4) is 0 Å². The molecule has 2 amide bonds. The first-order chi connectivity index (χ1) is 11.2. The van der Waals surface area contributed by atoms with Gasteiger partial charge in [-0.25, -0.2) is 4.79 Å². The summed E-state index contributed by atoms with van der Waals surface area (Å²) in [6.07, 6.45) is 0.982. The molecule has 0 atom stereocenters. The number of nitrogens with zero attached hydrogens (tertiary/aromatic N) is 4. The molecule has 1 aromatic carbocycles. The van der Waals surface area contributed by atoms with Gasteiger partial charge in [-0.1, -0.05) is 41.2 Å². The maximum absolute atomic E-state index is 12.3. The predicted molar refractivity (Wildman–Crippen MR) is 91.6 cm³/mol. The van der Waals surface area contributed by atoms with Crippen LogP contribution in [0.1, 0.15) is 17.5 Å². The second-order valence-corrected chi connectivity index (χ2v) is 6.61. The molecule has 0 aliphatic carbocycles. The fraction of sp³-hybridized carbons (Fsp3) is 0.438. The average Bonchev–Trinajstić information content (AvgIpc) is 2.94. The van der Waals surface area contributed by atoms with E-state index < -0.39 is 0 Å². The molecule has 3 rings (SSSR count). The van der Waals surface area contributed by atoms with Gasteiger partial charge in [0.25, 0.3) is 0 Å². The van der Waals surface area contributed by atoms with E-state index in [1.54, 1.807) is 5.51 Å². The minimum absolute atomic E-state index is 0.0843. The maximum atomic E-state index is 12.3. The number of aromatic nitrogens is 2. The number of nitrogens with one attached hydrogen (secondary N) is 1. The van der Waals surface area contributed by atoms with E-state index in [-0.39, 0.29) is 6.03 Å². The van der Waals surface area contributed by atoms with E-state index in [2.05, 4.69) is 51.6 Å². The van der Waals surface area contributed by atoms with E-state index >= 15 is 0 Å². The summed E-state index contributed by atoms with van der Waals surface area (Å²) in [4.78, 5) is 16.5. The molecule has 0 unspecified atom stereocenters. The van der Waals surface area contributed by atoms with Crippen molar-refractivity contribution in [3.05, 3.63) is 40.9 Å². The summed E-state index contributed by atoms with van der Waals surface area (Å²) in [5.74, 6) is 0. The van der Waals surface area contributed by atoms with Crippen LogP contribution in [0.3, 0.4) is 0 Å². The SMILES string of the molecule is Cc1ccc(CN2CCCN(C(=O)Nc3nncs3)CC2)cc1. The summed E-state index contributed by atoms with van der Waals surface area (Å²) in [7, 11) is 0. The number of urea groups is 1. The molecule has 6 nitrogen and oxygen atoms in total. The Labute approximate surface area is 140 Å². The standard InChI is InChI=1S/C16H21N5OS/c1-13-3-5-14(6-4-13)11-20-7-2-8-21(10-9-20)16(22)18-15-19-17-12-23-15/h3-6,12H,2,7-11H2,1H3,(H,18,19,22). The Kier molecular flexibility index (Phi) is 5.19. The maximum Gasteiger partial charge on any atom is 0.323 e. The molecule has 1 fully saturated rings. The Morgan fingerprint density at radius 1 is 1.22 bits per heavy atom. The predicted octanol–water partition coefficient (Wildman–Crippen LogP) is 2.59. The molecule has 1 aliphatic heterocycles. The molecule has 0 radical (unpaired) electrons. The first-order valence-electron chi connectivity index (χ1n) is 7.81. The van der Waals surface area contributed by atoms with Crippen molar-refractivity contribution in [1.82, 2.24) is 20.0 Å². The van der Waals surface area contributed by atoms with Gasteiger partial charge in [-0.3, -0.25) is 10.2 Å². The highest BCUT2D eigenvalue weighted by Gasteiger charge is 2.19. The van der Waals surface area contributed by atoms with Crippen molar-refractivity contribution in [2.24, 2.45) is 0 Å². The Bertz CT molecular complexity index is 628. The summed E-state index contributed by atoms with van der Waals surface area (Å²) in [5.41, 5.74) is 4.22. The number of carbonyl (C=O) groups is 1. The van der Waals surface area contributed by atoms with E-state index in [0.29, 0.717) is 5.13 Å². The molecule has 0 spiro atoms. The molecule has 1 aromatic heterocycles. The van der Waals surface area contributed by atoms with Gasteiger partial charge in [0.05, 0.1) is 0 Å². The molecule has 122 valence electrons. The van der Waals surface area contributed by atoms with Gasteiger partial charge >= 0.3 is 6.03 Å². The van der Waals surface area contributed by atoms with Gasteiger partial charge in [0, 0.05) is 32.7 Å². The van der Waals surface area contributed by atoms with Crippen molar-refractivity contribution in [3.63, 3.8) is 0 Å². The lowest BCUT2D eigenvalue weighted by molar-refractivity contribution is 0.211. The van der Waals surface area contributed by atoms with Crippen LogP contribution >= 0.6 is 11.3 Å². The van der Waals surface area contributed by atoms with Gasteiger partial charge in [-0.05, 0) is 18.9 Å². The first kappa shape index (κ1) is 15.9. The Hall–Kier alpha value is -1.99. The number of rotatable bonds is 3. The van der Waals surface area contributed by atoms with Gasteiger partial charge in [-0.15, -0.1) is 10.2 Å². The lowest BCUT2D eigenvalue weighted by Gasteiger charge is -2.22.